The summed E-state index contributed by atoms with van der Waals surface area (Å²) in [5, 5.41) is 0. The Morgan fingerprint density at radius 2 is 2.06 bits per heavy atom. The van der Waals surface area contributed by atoms with Crippen LogP contribution in [0.2, 0.25) is 14.8 Å². The van der Waals surface area contributed by atoms with Gasteiger partial charge in [0, 0.05) is 0 Å². The van der Waals surface area contributed by atoms with Gasteiger partial charge in [0.2, 0.25) is 0 Å². The first-order valence-electron chi connectivity index (χ1n) is 6.07. The molecular formula is C13H18FNO2Sn. The van der Waals surface area contributed by atoms with E-state index in [1.807, 2.05) is 19.1 Å². The minimum absolute atomic E-state index is 0.137. The van der Waals surface area contributed by atoms with Gasteiger partial charge in [-0.25, -0.2) is 0 Å². The molecule has 1 aromatic rings. The standard InChI is InChI=1S/C10H9FNO2.3CH3.Sn/c1-7-6-12(10(13)14-7)9-4-2-3-8(11)5-9;;;;/h2,4-5,7H,6H2,1H3;3*1H3;. The van der Waals surface area contributed by atoms with Gasteiger partial charge in [-0.15, -0.1) is 0 Å². The van der Waals surface area contributed by atoms with Crippen LogP contribution in [0.5, 0.6) is 0 Å². The second kappa shape index (κ2) is 4.72. The van der Waals surface area contributed by atoms with Crippen molar-refractivity contribution in [1.29, 1.82) is 0 Å². The zero-order chi connectivity index (χ0) is 13.5. The molecule has 1 aliphatic heterocycles. The molecule has 0 radical (unpaired) electrons. The number of carbonyl (C=O) groups excluding carboxylic acids is 1. The van der Waals surface area contributed by atoms with Crippen molar-refractivity contribution in [3.63, 3.8) is 0 Å². The molecule has 3 nitrogen and oxygen atoms in total. The predicted octanol–water partition coefficient (Wildman–Crippen LogP) is 2.72. The van der Waals surface area contributed by atoms with Crippen molar-refractivity contribution < 1.29 is 13.9 Å². The van der Waals surface area contributed by atoms with Crippen LogP contribution in [-0.2, 0) is 4.74 Å². The topological polar surface area (TPSA) is 29.5 Å². The fraction of sp³-hybridized carbons (Fsp3) is 0.462. The van der Waals surface area contributed by atoms with E-state index >= 15 is 0 Å². The number of rotatable bonds is 2. The van der Waals surface area contributed by atoms with Crippen molar-refractivity contribution >= 4 is 33.7 Å². The van der Waals surface area contributed by atoms with E-state index < -0.39 is 24.5 Å². The molecule has 0 N–H and O–H groups in total. The maximum absolute atomic E-state index is 14.1. The first kappa shape index (κ1) is 13.6. The van der Waals surface area contributed by atoms with E-state index in [4.69, 9.17) is 4.74 Å². The summed E-state index contributed by atoms with van der Waals surface area (Å²) in [6.45, 7) is 2.31. The van der Waals surface area contributed by atoms with Gasteiger partial charge in [-0.05, 0) is 0 Å². The van der Waals surface area contributed by atoms with Gasteiger partial charge in [0.1, 0.15) is 0 Å². The van der Waals surface area contributed by atoms with E-state index in [2.05, 4.69) is 14.8 Å². The number of hydrogen-bond acceptors (Lipinski definition) is 2. The zero-order valence-corrected chi connectivity index (χ0v) is 14.0. The summed E-state index contributed by atoms with van der Waals surface area (Å²) in [5.41, 5.74) is 0.584. The molecule has 5 heteroatoms. The summed E-state index contributed by atoms with van der Waals surface area (Å²) in [6.07, 6.45) is -0.532. The summed E-state index contributed by atoms with van der Waals surface area (Å²) in [4.78, 5) is 19.6. The number of benzene rings is 1. The molecule has 0 spiro atoms. The molecule has 1 fully saturated rings. The molecule has 18 heavy (non-hydrogen) atoms. The second-order valence-electron chi connectivity index (χ2n) is 5.72. The van der Waals surface area contributed by atoms with Gasteiger partial charge in [-0.3, -0.25) is 0 Å². The normalized spacial score (nSPS) is 20.2. The Hall–Kier alpha value is -0.781. The van der Waals surface area contributed by atoms with Crippen LogP contribution in [0.4, 0.5) is 14.9 Å². The summed E-state index contributed by atoms with van der Waals surface area (Å²) in [6, 6.07) is 5.10. The molecule has 1 amide bonds. The third-order valence-corrected chi connectivity index (χ3v) is 8.80. The van der Waals surface area contributed by atoms with E-state index in [-0.39, 0.29) is 11.9 Å². The van der Waals surface area contributed by atoms with Crippen LogP contribution >= 0.6 is 0 Å². The Morgan fingerprint density at radius 3 is 2.50 bits per heavy atom. The number of halogens is 1. The van der Waals surface area contributed by atoms with E-state index in [1.54, 1.807) is 0 Å². The van der Waals surface area contributed by atoms with Crippen LogP contribution in [0.3, 0.4) is 0 Å². The summed E-state index contributed by atoms with van der Waals surface area (Å²) in [5.74, 6) is -0.192. The van der Waals surface area contributed by atoms with Crippen molar-refractivity contribution in [2.75, 3.05) is 11.4 Å². The fourth-order valence-corrected chi connectivity index (χ4v) is 6.01. The number of anilines is 1. The molecule has 1 atom stereocenters. The van der Waals surface area contributed by atoms with Crippen LogP contribution in [0.25, 0.3) is 0 Å². The Morgan fingerprint density at radius 1 is 1.39 bits per heavy atom. The fourth-order valence-electron chi connectivity index (χ4n) is 2.10. The van der Waals surface area contributed by atoms with Gasteiger partial charge in [0.05, 0.1) is 0 Å². The molecule has 0 bridgehead atoms. The average Bonchev–Trinajstić information content (AvgIpc) is 2.55. The molecule has 98 valence electrons. The van der Waals surface area contributed by atoms with Crippen LogP contribution in [0.1, 0.15) is 6.92 Å². The van der Waals surface area contributed by atoms with Gasteiger partial charge in [-0.2, -0.15) is 0 Å². The molecule has 1 aromatic carbocycles. The first-order valence-corrected chi connectivity index (χ1v) is 16.1. The van der Waals surface area contributed by atoms with Gasteiger partial charge in [0.15, 0.2) is 0 Å². The summed E-state index contributed by atoms with van der Waals surface area (Å²) < 4.78 is 20.0. The van der Waals surface area contributed by atoms with Crippen molar-refractivity contribution in [2.24, 2.45) is 0 Å². The van der Waals surface area contributed by atoms with E-state index in [1.165, 1.54) is 11.0 Å². The first-order chi connectivity index (χ1) is 8.29. The molecule has 0 aliphatic carbocycles. The number of nitrogens with zero attached hydrogens (tertiary/aromatic N) is 1. The molecule has 1 unspecified atom stereocenters. The SMILES string of the molecule is CC1CN(c2cc[c]([Sn]([CH3])([CH3])[CH3])c(F)c2)C(=O)O1. The van der Waals surface area contributed by atoms with E-state index in [0.29, 0.717) is 12.2 Å². The Labute approximate surface area is 111 Å². The molecule has 0 aromatic heterocycles. The predicted molar refractivity (Wildman–Crippen MR) is 72.7 cm³/mol. The van der Waals surface area contributed by atoms with Crippen LogP contribution in [0, 0.1) is 5.82 Å². The zero-order valence-electron chi connectivity index (χ0n) is 11.2. The molecule has 2 rings (SSSR count). The number of ether oxygens (including phenoxy) is 1. The Kier molecular flexibility index (Phi) is 3.58. The molecular weight excluding hydrogens is 340 g/mol. The van der Waals surface area contributed by atoms with Crippen LogP contribution in [0.15, 0.2) is 18.2 Å². The minimum atomic E-state index is -2.41. The molecule has 1 saturated heterocycles. The number of amides is 1. The molecule has 1 heterocycles. The van der Waals surface area contributed by atoms with Crippen molar-refractivity contribution in [1.82, 2.24) is 0 Å². The average molecular weight is 358 g/mol. The van der Waals surface area contributed by atoms with E-state index in [0.717, 1.165) is 3.58 Å². The summed E-state index contributed by atoms with van der Waals surface area (Å²) in [7, 11) is 0. The van der Waals surface area contributed by atoms with E-state index in [9.17, 15) is 9.18 Å². The number of carbonyl (C=O) groups is 1. The quantitative estimate of drug-likeness (QED) is 0.761. The van der Waals surface area contributed by atoms with Gasteiger partial charge in [0.25, 0.3) is 0 Å². The van der Waals surface area contributed by atoms with Crippen molar-refractivity contribution in [3.8, 4) is 0 Å². The molecule has 1 aliphatic rings. The number of cyclic esters (lactones) is 1. The Balaban J connectivity index is 2.32. The Bertz CT molecular complexity index is 484. The molecule has 0 saturated carbocycles. The second-order valence-corrected chi connectivity index (χ2v) is 20.1. The van der Waals surface area contributed by atoms with Gasteiger partial charge >= 0.3 is 111 Å². The maximum atomic E-state index is 14.1. The van der Waals surface area contributed by atoms with Crippen molar-refractivity contribution in [3.05, 3.63) is 24.0 Å². The van der Waals surface area contributed by atoms with Crippen molar-refractivity contribution in [2.45, 2.75) is 27.8 Å². The van der Waals surface area contributed by atoms with Crippen LogP contribution in [-0.4, -0.2) is 37.1 Å². The van der Waals surface area contributed by atoms with Gasteiger partial charge < -0.3 is 0 Å². The number of hydrogen-bond donors (Lipinski definition) is 0. The monoisotopic (exact) mass is 359 g/mol. The van der Waals surface area contributed by atoms with Gasteiger partial charge in [-0.1, -0.05) is 0 Å². The third kappa shape index (κ3) is 2.63. The third-order valence-electron chi connectivity index (χ3n) is 3.03. The summed E-state index contributed by atoms with van der Waals surface area (Å²) >= 11 is -2.41. The van der Waals surface area contributed by atoms with Crippen LogP contribution < -0.4 is 8.48 Å².